The van der Waals surface area contributed by atoms with E-state index in [2.05, 4.69) is 15.6 Å². The van der Waals surface area contributed by atoms with Crippen LogP contribution in [0.25, 0.3) is 0 Å². The summed E-state index contributed by atoms with van der Waals surface area (Å²) < 4.78 is 36.4. The fourth-order valence-corrected chi connectivity index (χ4v) is 2.26. The number of halogens is 5. The SMILES string of the molecule is CCNC(=NCC(O)c1cc(Cl)cc(Cl)c1)NCCC(F)(F)F. The van der Waals surface area contributed by atoms with Crippen LogP contribution < -0.4 is 10.6 Å². The van der Waals surface area contributed by atoms with E-state index in [-0.39, 0.29) is 19.0 Å². The molecular weight excluding hydrogens is 354 g/mol. The lowest BCUT2D eigenvalue weighted by Crippen LogP contribution is -2.39. The number of hydrogen-bond acceptors (Lipinski definition) is 2. The first-order valence-corrected chi connectivity index (χ1v) is 7.70. The van der Waals surface area contributed by atoms with Crippen molar-refractivity contribution in [1.82, 2.24) is 10.6 Å². The number of rotatable bonds is 6. The molecule has 1 aromatic rings. The number of aliphatic hydroxyl groups excluding tert-OH is 1. The quantitative estimate of drug-likeness (QED) is 0.529. The summed E-state index contributed by atoms with van der Waals surface area (Å²) in [6.07, 6.45) is -6.17. The maximum atomic E-state index is 12.1. The van der Waals surface area contributed by atoms with Gasteiger partial charge in [-0.2, -0.15) is 13.2 Å². The predicted octanol–water partition coefficient (Wildman–Crippen LogP) is 3.53. The van der Waals surface area contributed by atoms with Gasteiger partial charge in [-0.1, -0.05) is 23.2 Å². The lowest BCUT2D eigenvalue weighted by Gasteiger charge is -2.14. The number of alkyl halides is 3. The molecule has 0 aliphatic heterocycles. The lowest BCUT2D eigenvalue weighted by atomic mass is 10.1. The zero-order chi connectivity index (χ0) is 17.5. The molecule has 0 aliphatic carbocycles. The van der Waals surface area contributed by atoms with Gasteiger partial charge in [0.15, 0.2) is 5.96 Å². The van der Waals surface area contributed by atoms with Gasteiger partial charge < -0.3 is 15.7 Å². The Labute approximate surface area is 142 Å². The highest BCUT2D eigenvalue weighted by molar-refractivity contribution is 6.34. The molecule has 0 spiro atoms. The minimum absolute atomic E-state index is 0.0436. The number of guanidine groups is 1. The van der Waals surface area contributed by atoms with Gasteiger partial charge in [0.1, 0.15) is 0 Å². The van der Waals surface area contributed by atoms with Crippen molar-refractivity contribution in [1.29, 1.82) is 0 Å². The van der Waals surface area contributed by atoms with Crippen molar-refractivity contribution in [3.8, 4) is 0 Å². The van der Waals surface area contributed by atoms with Crippen molar-refractivity contribution in [3.05, 3.63) is 33.8 Å². The van der Waals surface area contributed by atoms with Crippen molar-refractivity contribution >= 4 is 29.2 Å². The van der Waals surface area contributed by atoms with Crippen LogP contribution in [-0.4, -0.2) is 36.9 Å². The fraction of sp³-hybridized carbons (Fsp3) is 0.500. The van der Waals surface area contributed by atoms with E-state index in [1.54, 1.807) is 19.1 Å². The van der Waals surface area contributed by atoms with Crippen molar-refractivity contribution in [2.45, 2.75) is 25.6 Å². The lowest BCUT2D eigenvalue weighted by molar-refractivity contribution is -0.132. The van der Waals surface area contributed by atoms with Gasteiger partial charge in [-0.25, -0.2) is 0 Å². The molecule has 130 valence electrons. The second-order valence-electron chi connectivity index (χ2n) is 4.73. The molecule has 1 rings (SSSR count). The Bertz CT molecular complexity index is 518. The summed E-state index contributed by atoms with van der Waals surface area (Å²) in [7, 11) is 0. The molecule has 0 fully saturated rings. The van der Waals surface area contributed by atoms with Crippen LogP contribution in [-0.2, 0) is 0 Å². The largest absolute Gasteiger partial charge is 0.390 e. The molecule has 0 heterocycles. The Hall–Kier alpha value is -1.18. The number of nitrogens with one attached hydrogen (secondary N) is 2. The highest BCUT2D eigenvalue weighted by atomic mass is 35.5. The highest BCUT2D eigenvalue weighted by Crippen LogP contribution is 2.23. The molecule has 0 aromatic heterocycles. The molecule has 1 unspecified atom stereocenters. The fourth-order valence-electron chi connectivity index (χ4n) is 1.72. The van der Waals surface area contributed by atoms with Gasteiger partial charge in [0, 0.05) is 23.1 Å². The second kappa shape index (κ2) is 9.20. The third-order valence-electron chi connectivity index (χ3n) is 2.74. The van der Waals surface area contributed by atoms with E-state index in [1.807, 2.05) is 0 Å². The average molecular weight is 372 g/mol. The van der Waals surface area contributed by atoms with E-state index in [0.29, 0.717) is 22.2 Å². The van der Waals surface area contributed by atoms with Crippen LogP contribution >= 0.6 is 23.2 Å². The highest BCUT2D eigenvalue weighted by Gasteiger charge is 2.26. The predicted molar refractivity (Wildman–Crippen MR) is 86.1 cm³/mol. The maximum absolute atomic E-state index is 12.1. The molecular formula is C14H18Cl2F3N3O. The normalized spacial score (nSPS) is 13.8. The first-order valence-electron chi connectivity index (χ1n) is 6.94. The number of aliphatic hydroxyl groups is 1. The van der Waals surface area contributed by atoms with Gasteiger partial charge in [-0.05, 0) is 30.7 Å². The summed E-state index contributed by atoms with van der Waals surface area (Å²) >= 11 is 11.7. The summed E-state index contributed by atoms with van der Waals surface area (Å²) in [5.41, 5.74) is 0.484. The zero-order valence-electron chi connectivity index (χ0n) is 12.4. The van der Waals surface area contributed by atoms with E-state index in [1.165, 1.54) is 6.07 Å². The van der Waals surface area contributed by atoms with Crippen molar-refractivity contribution in [2.24, 2.45) is 4.99 Å². The average Bonchev–Trinajstić information content (AvgIpc) is 2.42. The molecule has 0 radical (unpaired) electrons. The smallest absolute Gasteiger partial charge is 0.386 e. The van der Waals surface area contributed by atoms with Crippen molar-refractivity contribution in [3.63, 3.8) is 0 Å². The summed E-state index contributed by atoms with van der Waals surface area (Å²) in [6, 6.07) is 4.64. The van der Waals surface area contributed by atoms with E-state index in [0.717, 1.165) is 0 Å². The zero-order valence-corrected chi connectivity index (χ0v) is 13.9. The Morgan fingerprint density at radius 1 is 1.22 bits per heavy atom. The summed E-state index contributed by atoms with van der Waals surface area (Å²) in [4.78, 5) is 4.06. The standard InChI is InChI=1S/C14H18Cl2F3N3O/c1-2-20-13(21-4-3-14(17,18)19)22-8-12(23)9-5-10(15)7-11(16)6-9/h5-7,12,23H,2-4,8H2,1H3,(H2,20,21,22). The van der Waals surface area contributed by atoms with Crippen molar-refractivity contribution < 1.29 is 18.3 Å². The van der Waals surface area contributed by atoms with Gasteiger partial charge in [0.2, 0.25) is 0 Å². The Morgan fingerprint density at radius 3 is 2.35 bits per heavy atom. The minimum Gasteiger partial charge on any atom is -0.386 e. The Morgan fingerprint density at radius 2 is 1.83 bits per heavy atom. The minimum atomic E-state index is -4.23. The summed E-state index contributed by atoms with van der Waals surface area (Å²) in [5, 5.41) is 16.2. The van der Waals surface area contributed by atoms with Crippen LogP contribution in [0.3, 0.4) is 0 Å². The molecule has 0 amide bonds. The van der Waals surface area contributed by atoms with Gasteiger partial charge in [-0.15, -0.1) is 0 Å². The third-order valence-corrected chi connectivity index (χ3v) is 3.17. The molecule has 0 aliphatic rings. The van der Waals surface area contributed by atoms with Crippen LogP contribution in [0.1, 0.15) is 25.0 Å². The van der Waals surface area contributed by atoms with Crippen LogP contribution in [0.5, 0.6) is 0 Å². The summed E-state index contributed by atoms with van der Waals surface area (Å²) in [5.74, 6) is 0.198. The number of nitrogens with zero attached hydrogens (tertiary/aromatic N) is 1. The van der Waals surface area contributed by atoms with Crippen LogP contribution in [0.4, 0.5) is 13.2 Å². The Kier molecular flexibility index (Phi) is 7.94. The Balaban J connectivity index is 2.64. The van der Waals surface area contributed by atoms with Gasteiger partial charge >= 0.3 is 6.18 Å². The first-order chi connectivity index (χ1) is 10.7. The van der Waals surface area contributed by atoms with Crippen LogP contribution in [0.15, 0.2) is 23.2 Å². The first kappa shape index (κ1) is 19.9. The molecule has 0 saturated carbocycles. The maximum Gasteiger partial charge on any atom is 0.390 e. The van der Waals surface area contributed by atoms with E-state index < -0.39 is 18.7 Å². The molecule has 23 heavy (non-hydrogen) atoms. The molecule has 4 nitrogen and oxygen atoms in total. The van der Waals surface area contributed by atoms with E-state index in [4.69, 9.17) is 23.2 Å². The monoisotopic (exact) mass is 371 g/mol. The van der Waals surface area contributed by atoms with Crippen LogP contribution in [0, 0.1) is 0 Å². The van der Waals surface area contributed by atoms with Gasteiger partial charge in [0.05, 0.1) is 19.1 Å². The molecule has 1 atom stereocenters. The van der Waals surface area contributed by atoms with Gasteiger partial charge in [0.25, 0.3) is 0 Å². The second-order valence-corrected chi connectivity index (χ2v) is 5.60. The molecule has 1 aromatic carbocycles. The van der Waals surface area contributed by atoms with Crippen molar-refractivity contribution in [2.75, 3.05) is 19.6 Å². The topological polar surface area (TPSA) is 56.7 Å². The summed E-state index contributed by atoms with van der Waals surface area (Å²) in [6.45, 7) is 1.93. The number of aliphatic imine (C=N–C) groups is 1. The molecule has 9 heteroatoms. The number of hydrogen-bond donors (Lipinski definition) is 3. The number of benzene rings is 1. The molecule has 3 N–H and O–H groups in total. The van der Waals surface area contributed by atoms with Gasteiger partial charge in [-0.3, -0.25) is 4.99 Å². The van der Waals surface area contributed by atoms with E-state index in [9.17, 15) is 18.3 Å². The third kappa shape index (κ3) is 8.29. The van der Waals surface area contributed by atoms with E-state index >= 15 is 0 Å². The molecule has 0 bridgehead atoms. The van der Waals surface area contributed by atoms with Crippen LogP contribution in [0.2, 0.25) is 10.0 Å². The molecule has 0 saturated heterocycles.